The molecule has 0 amide bonds. The van der Waals surface area contributed by atoms with Crippen molar-refractivity contribution in [3.63, 3.8) is 0 Å². The summed E-state index contributed by atoms with van der Waals surface area (Å²) in [4.78, 5) is 0. The first-order valence-electron chi connectivity index (χ1n) is 4.93. The van der Waals surface area contributed by atoms with Crippen LogP contribution in [0.1, 0.15) is 30.4 Å². The van der Waals surface area contributed by atoms with Crippen molar-refractivity contribution in [3.05, 3.63) is 35.4 Å². The molecular weight excluding hydrogens is 160 g/mol. The van der Waals surface area contributed by atoms with Gasteiger partial charge in [0, 0.05) is 0 Å². The maximum Gasteiger partial charge on any atom is 0.0577 e. The molecule has 3 unspecified atom stereocenters. The summed E-state index contributed by atoms with van der Waals surface area (Å²) in [7, 11) is 0. The molecule has 1 aliphatic carbocycles. The number of aliphatic hydroxyl groups is 1. The first-order valence-corrected chi connectivity index (χ1v) is 4.93. The summed E-state index contributed by atoms with van der Waals surface area (Å²) < 4.78 is 0. The number of rotatable bonds is 1. The first-order chi connectivity index (χ1) is 6.18. The van der Waals surface area contributed by atoms with Gasteiger partial charge < -0.3 is 5.11 Å². The molecule has 70 valence electrons. The van der Waals surface area contributed by atoms with E-state index >= 15 is 0 Å². The van der Waals surface area contributed by atoms with Crippen LogP contribution in [0.2, 0.25) is 0 Å². The van der Waals surface area contributed by atoms with E-state index in [1.54, 1.807) is 0 Å². The Kier molecular flexibility index (Phi) is 2.12. The maximum absolute atomic E-state index is 9.40. The van der Waals surface area contributed by atoms with Crippen LogP contribution in [0, 0.1) is 12.8 Å². The average molecular weight is 176 g/mol. The molecule has 1 aliphatic rings. The largest absolute Gasteiger partial charge is 0.393 e. The van der Waals surface area contributed by atoms with Gasteiger partial charge in [-0.1, -0.05) is 36.8 Å². The molecule has 1 fully saturated rings. The minimum atomic E-state index is -0.0775. The van der Waals surface area contributed by atoms with Crippen LogP contribution in [-0.2, 0) is 0 Å². The van der Waals surface area contributed by atoms with Crippen molar-refractivity contribution in [1.29, 1.82) is 0 Å². The third-order valence-corrected chi connectivity index (χ3v) is 3.24. The SMILES string of the molecule is Cc1ccc(C2CC(O)C2C)cc1. The fourth-order valence-electron chi connectivity index (χ4n) is 2.02. The van der Waals surface area contributed by atoms with E-state index in [4.69, 9.17) is 0 Å². The predicted molar refractivity (Wildman–Crippen MR) is 53.7 cm³/mol. The molecule has 0 spiro atoms. The van der Waals surface area contributed by atoms with E-state index in [0.29, 0.717) is 11.8 Å². The van der Waals surface area contributed by atoms with Crippen LogP contribution in [0.3, 0.4) is 0 Å². The smallest absolute Gasteiger partial charge is 0.0577 e. The van der Waals surface area contributed by atoms with Gasteiger partial charge in [0.05, 0.1) is 6.10 Å². The molecule has 13 heavy (non-hydrogen) atoms. The molecule has 1 heteroatoms. The van der Waals surface area contributed by atoms with Crippen LogP contribution in [0.5, 0.6) is 0 Å². The molecule has 1 N–H and O–H groups in total. The van der Waals surface area contributed by atoms with Gasteiger partial charge in [-0.05, 0) is 30.7 Å². The highest BCUT2D eigenvalue weighted by Gasteiger charge is 2.36. The zero-order valence-electron chi connectivity index (χ0n) is 8.20. The van der Waals surface area contributed by atoms with Crippen molar-refractivity contribution in [3.8, 4) is 0 Å². The standard InChI is InChI=1S/C12H16O/c1-8-3-5-10(6-4-8)11-7-12(13)9(11)2/h3-6,9,11-13H,7H2,1-2H3. The summed E-state index contributed by atoms with van der Waals surface area (Å²) in [6.45, 7) is 4.22. The lowest BCUT2D eigenvalue weighted by molar-refractivity contribution is 0.0117. The van der Waals surface area contributed by atoms with Gasteiger partial charge in [0.15, 0.2) is 0 Å². The van der Waals surface area contributed by atoms with Crippen molar-refractivity contribution in [1.82, 2.24) is 0 Å². The normalized spacial score (nSPS) is 32.7. The van der Waals surface area contributed by atoms with Crippen LogP contribution < -0.4 is 0 Å². The first kappa shape index (κ1) is 8.76. The summed E-state index contributed by atoms with van der Waals surface area (Å²) in [6, 6.07) is 8.66. The Balaban J connectivity index is 2.14. The molecule has 0 aliphatic heterocycles. The summed E-state index contributed by atoms with van der Waals surface area (Å²) in [6.07, 6.45) is 0.857. The van der Waals surface area contributed by atoms with Crippen LogP contribution in [0.15, 0.2) is 24.3 Å². The van der Waals surface area contributed by atoms with Gasteiger partial charge in [-0.25, -0.2) is 0 Å². The molecule has 0 bridgehead atoms. The summed E-state index contributed by atoms with van der Waals surface area (Å²) >= 11 is 0. The molecule has 1 nitrogen and oxygen atoms in total. The topological polar surface area (TPSA) is 20.2 Å². The Morgan fingerprint density at radius 1 is 1.23 bits per heavy atom. The van der Waals surface area contributed by atoms with Gasteiger partial charge in [0.25, 0.3) is 0 Å². The van der Waals surface area contributed by atoms with Gasteiger partial charge in [-0.2, -0.15) is 0 Å². The average Bonchev–Trinajstić information content (AvgIpc) is 2.15. The molecule has 0 saturated heterocycles. The maximum atomic E-state index is 9.40. The summed E-state index contributed by atoms with van der Waals surface area (Å²) in [5.41, 5.74) is 2.68. The molecule has 0 heterocycles. The number of hydrogen-bond acceptors (Lipinski definition) is 1. The van der Waals surface area contributed by atoms with E-state index in [1.807, 2.05) is 0 Å². The highest BCUT2D eigenvalue weighted by Crippen LogP contribution is 2.42. The second kappa shape index (κ2) is 3.15. The van der Waals surface area contributed by atoms with Crippen molar-refractivity contribution < 1.29 is 5.11 Å². The number of aliphatic hydroxyl groups excluding tert-OH is 1. The highest BCUT2D eigenvalue weighted by molar-refractivity contribution is 5.27. The lowest BCUT2D eigenvalue weighted by atomic mass is 9.69. The van der Waals surface area contributed by atoms with Gasteiger partial charge in [0.1, 0.15) is 0 Å². The van der Waals surface area contributed by atoms with E-state index in [1.165, 1.54) is 11.1 Å². The Hall–Kier alpha value is -0.820. The number of benzene rings is 1. The van der Waals surface area contributed by atoms with Gasteiger partial charge in [-0.3, -0.25) is 0 Å². The number of aryl methyl sites for hydroxylation is 1. The number of hydrogen-bond donors (Lipinski definition) is 1. The van der Waals surface area contributed by atoms with Crippen LogP contribution in [0.4, 0.5) is 0 Å². The second-order valence-corrected chi connectivity index (χ2v) is 4.18. The van der Waals surface area contributed by atoms with Crippen molar-refractivity contribution >= 4 is 0 Å². The Morgan fingerprint density at radius 3 is 2.31 bits per heavy atom. The predicted octanol–water partition coefficient (Wildman–Crippen LogP) is 2.48. The molecule has 1 aromatic carbocycles. The van der Waals surface area contributed by atoms with Crippen molar-refractivity contribution in [2.45, 2.75) is 32.3 Å². The third kappa shape index (κ3) is 1.49. The molecule has 2 rings (SSSR count). The van der Waals surface area contributed by atoms with Crippen LogP contribution >= 0.6 is 0 Å². The fraction of sp³-hybridized carbons (Fsp3) is 0.500. The minimum Gasteiger partial charge on any atom is -0.393 e. The lowest BCUT2D eigenvalue weighted by Crippen LogP contribution is -2.37. The molecule has 3 atom stereocenters. The molecule has 0 aromatic heterocycles. The van der Waals surface area contributed by atoms with E-state index in [-0.39, 0.29) is 6.10 Å². The quantitative estimate of drug-likeness (QED) is 0.697. The Bertz CT molecular complexity index is 288. The highest BCUT2D eigenvalue weighted by atomic mass is 16.3. The van der Waals surface area contributed by atoms with E-state index in [0.717, 1.165) is 6.42 Å². The molecule has 0 radical (unpaired) electrons. The van der Waals surface area contributed by atoms with Crippen LogP contribution in [-0.4, -0.2) is 11.2 Å². The third-order valence-electron chi connectivity index (χ3n) is 3.24. The Morgan fingerprint density at radius 2 is 1.85 bits per heavy atom. The van der Waals surface area contributed by atoms with E-state index in [2.05, 4.69) is 38.1 Å². The molecular formula is C12H16O. The van der Waals surface area contributed by atoms with Gasteiger partial charge >= 0.3 is 0 Å². The van der Waals surface area contributed by atoms with Crippen molar-refractivity contribution in [2.75, 3.05) is 0 Å². The lowest BCUT2D eigenvalue weighted by Gasteiger charge is -2.39. The zero-order valence-corrected chi connectivity index (χ0v) is 8.20. The Labute approximate surface area is 79.4 Å². The van der Waals surface area contributed by atoms with Crippen molar-refractivity contribution in [2.24, 2.45) is 5.92 Å². The minimum absolute atomic E-state index is 0.0775. The monoisotopic (exact) mass is 176 g/mol. The van der Waals surface area contributed by atoms with Gasteiger partial charge in [-0.15, -0.1) is 0 Å². The zero-order chi connectivity index (χ0) is 9.42. The van der Waals surface area contributed by atoms with E-state index in [9.17, 15) is 5.11 Å². The van der Waals surface area contributed by atoms with E-state index < -0.39 is 0 Å². The van der Waals surface area contributed by atoms with Gasteiger partial charge in [0.2, 0.25) is 0 Å². The second-order valence-electron chi connectivity index (χ2n) is 4.18. The molecule has 1 aromatic rings. The van der Waals surface area contributed by atoms with Crippen LogP contribution in [0.25, 0.3) is 0 Å². The summed E-state index contributed by atoms with van der Waals surface area (Å²) in [5, 5.41) is 9.40. The summed E-state index contributed by atoms with van der Waals surface area (Å²) in [5.74, 6) is 1.01. The molecule has 1 saturated carbocycles. The fourth-order valence-corrected chi connectivity index (χ4v) is 2.02.